The minimum Gasteiger partial charge on any atom is -0.473 e. The van der Waals surface area contributed by atoms with Crippen LogP contribution >= 0.6 is 0 Å². The molecule has 0 saturated carbocycles. The number of aromatic nitrogens is 2. The molecule has 0 saturated heterocycles. The Labute approximate surface area is 130 Å². The molecule has 2 aromatic rings. The van der Waals surface area contributed by atoms with E-state index in [2.05, 4.69) is 16.4 Å². The summed E-state index contributed by atoms with van der Waals surface area (Å²) in [7, 11) is -1.63. The molecule has 0 aliphatic carbocycles. The second-order valence-electron chi connectivity index (χ2n) is 5.65. The van der Waals surface area contributed by atoms with Crippen molar-refractivity contribution < 1.29 is 13.2 Å². The minimum atomic E-state index is -3.45. The van der Waals surface area contributed by atoms with E-state index in [1.165, 1.54) is 0 Å². The molecule has 1 heterocycles. The molecule has 1 N–H and O–H groups in total. The lowest BCUT2D eigenvalue weighted by molar-refractivity contribution is 0.233. The summed E-state index contributed by atoms with van der Waals surface area (Å²) in [5.41, 5.74) is 1.94. The van der Waals surface area contributed by atoms with Gasteiger partial charge in [0.25, 0.3) is 0 Å². The van der Waals surface area contributed by atoms with Gasteiger partial charge < -0.3 is 4.74 Å². The van der Waals surface area contributed by atoms with E-state index in [0.717, 1.165) is 10.9 Å². The molecule has 0 atom stereocenters. The van der Waals surface area contributed by atoms with Gasteiger partial charge in [0.1, 0.15) is 0 Å². The Balaban J connectivity index is 2.39. The molecule has 0 unspecified atom stereocenters. The third-order valence-corrected chi connectivity index (χ3v) is 4.29. The molecule has 0 radical (unpaired) electrons. The summed E-state index contributed by atoms with van der Waals surface area (Å²) in [5.74, 6) is 0.390. The summed E-state index contributed by atoms with van der Waals surface area (Å²) in [5, 5.41) is 5.09. The van der Waals surface area contributed by atoms with Gasteiger partial charge >= 0.3 is 0 Å². The van der Waals surface area contributed by atoms with Crippen LogP contribution in [0.2, 0.25) is 0 Å². The molecule has 0 aliphatic rings. The van der Waals surface area contributed by atoms with Crippen LogP contribution in [0.4, 0.5) is 5.69 Å². The van der Waals surface area contributed by atoms with Gasteiger partial charge in [0.2, 0.25) is 15.9 Å². The minimum absolute atomic E-state index is 0.0122. The largest absolute Gasteiger partial charge is 0.473 e. The summed E-state index contributed by atoms with van der Waals surface area (Å²) in [6.07, 6.45) is -0.0122. The lowest BCUT2D eigenvalue weighted by atomic mass is 10.2. The fourth-order valence-corrected chi connectivity index (χ4v) is 3.35. The van der Waals surface area contributed by atoms with Crippen molar-refractivity contribution in [2.45, 2.75) is 26.9 Å². The summed E-state index contributed by atoms with van der Waals surface area (Å²) in [6.45, 7) is 9.14. The molecule has 0 amide bonds. The number of nitrogens with one attached hydrogen (secondary N) is 1. The number of hydrogen-bond acceptors (Lipinski definition) is 4. The lowest BCUT2D eigenvalue weighted by Gasteiger charge is -2.09. The molecule has 0 spiro atoms. The standard InChI is InChI=1S/C15H21N3O3S/c1-10(2)9-22(19,20)17-12-6-7-14-13(8-12)15(16-18(14)5)21-11(3)4/h6-8,11,17H,1,9H2,2-5H3. The maximum atomic E-state index is 12.0. The Morgan fingerprint density at radius 2 is 2.14 bits per heavy atom. The molecule has 0 bridgehead atoms. The molecule has 2 rings (SSSR count). The zero-order valence-corrected chi connectivity index (χ0v) is 14.1. The van der Waals surface area contributed by atoms with Crippen molar-refractivity contribution in [3.63, 3.8) is 0 Å². The van der Waals surface area contributed by atoms with E-state index in [1.54, 1.807) is 23.7 Å². The average molecular weight is 323 g/mol. The predicted molar refractivity (Wildman–Crippen MR) is 88.7 cm³/mol. The number of nitrogens with zero attached hydrogens (tertiary/aromatic N) is 2. The van der Waals surface area contributed by atoms with Crippen LogP contribution in [-0.4, -0.2) is 30.1 Å². The quantitative estimate of drug-likeness (QED) is 0.830. The Morgan fingerprint density at radius 3 is 2.73 bits per heavy atom. The Bertz CT molecular complexity index is 807. The van der Waals surface area contributed by atoms with Crippen molar-refractivity contribution in [2.75, 3.05) is 10.5 Å². The second-order valence-corrected chi connectivity index (χ2v) is 7.37. The van der Waals surface area contributed by atoms with Crippen molar-refractivity contribution in [1.29, 1.82) is 0 Å². The fourth-order valence-electron chi connectivity index (χ4n) is 2.15. The first-order valence-electron chi connectivity index (χ1n) is 6.96. The van der Waals surface area contributed by atoms with Crippen molar-refractivity contribution in [3.05, 3.63) is 30.4 Å². The molecule has 0 aliphatic heterocycles. The molecule has 0 fully saturated rings. The zero-order chi connectivity index (χ0) is 16.5. The van der Waals surface area contributed by atoms with Crippen LogP contribution in [0, 0.1) is 0 Å². The number of aryl methyl sites for hydroxylation is 1. The van der Waals surface area contributed by atoms with E-state index < -0.39 is 10.0 Å². The van der Waals surface area contributed by atoms with Crippen LogP contribution < -0.4 is 9.46 Å². The van der Waals surface area contributed by atoms with E-state index in [9.17, 15) is 8.42 Å². The zero-order valence-electron chi connectivity index (χ0n) is 13.3. The van der Waals surface area contributed by atoms with Gasteiger partial charge in [-0.25, -0.2) is 8.42 Å². The second kappa shape index (κ2) is 6.00. The summed E-state index contributed by atoms with van der Waals surface area (Å²) in [6, 6.07) is 5.25. The highest BCUT2D eigenvalue weighted by molar-refractivity contribution is 7.92. The third kappa shape index (κ3) is 3.79. The Hall–Kier alpha value is -2.02. The highest BCUT2D eigenvalue weighted by Gasteiger charge is 2.15. The monoisotopic (exact) mass is 323 g/mol. The van der Waals surface area contributed by atoms with Crippen LogP contribution in [0.1, 0.15) is 20.8 Å². The number of hydrogen-bond donors (Lipinski definition) is 1. The Morgan fingerprint density at radius 1 is 1.45 bits per heavy atom. The molecule has 7 heteroatoms. The van der Waals surface area contributed by atoms with Gasteiger partial charge in [-0.05, 0) is 39.0 Å². The van der Waals surface area contributed by atoms with E-state index in [-0.39, 0.29) is 11.9 Å². The highest BCUT2D eigenvalue weighted by atomic mass is 32.2. The number of ether oxygens (including phenoxy) is 1. The molecule has 120 valence electrons. The molecule has 1 aromatic heterocycles. The van der Waals surface area contributed by atoms with Crippen LogP contribution in [0.3, 0.4) is 0 Å². The first-order valence-corrected chi connectivity index (χ1v) is 8.61. The average Bonchev–Trinajstić information content (AvgIpc) is 2.62. The SMILES string of the molecule is C=C(C)CS(=O)(=O)Nc1ccc2c(c1)c(OC(C)C)nn2C. The summed E-state index contributed by atoms with van der Waals surface area (Å²) >= 11 is 0. The fraction of sp³-hybridized carbons (Fsp3) is 0.400. The van der Waals surface area contributed by atoms with Crippen LogP contribution in [-0.2, 0) is 17.1 Å². The molecular weight excluding hydrogens is 302 g/mol. The maximum absolute atomic E-state index is 12.0. The summed E-state index contributed by atoms with van der Waals surface area (Å²) < 4.78 is 33.9. The number of rotatable bonds is 6. The third-order valence-electron chi connectivity index (χ3n) is 2.87. The van der Waals surface area contributed by atoms with E-state index in [1.807, 2.05) is 27.0 Å². The smallest absolute Gasteiger partial charge is 0.241 e. The van der Waals surface area contributed by atoms with E-state index >= 15 is 0 Å². The van der Waals surface area contributed by atoms with Gasteiger partial charge in [-0.15, -0.1) is 5.10 Å². The summed E-state index contributed by atoms with van der Waals surface area (Å²) in [4.78, 5) is 0. The first-order chi connectivity index (χ1) is 10.2. The van der Waals surface area contributed by atoms with Crippen molar-refractivity contribution in [1.82, 2.24) is 9.78 Å². The van der Waals surface area contributed by atoms with Crippen LogP contribution in [0.5, 0.6) is 5.88 Å². The Kier molecular flexibility index (Phi) is 4.46. The van der Waals surface area contributed by atoms with E-state index in [4.69, 9.17) is 4.74 Å². The van der Waals surface area contributed by atoms with Gasteiger partial charge in [-0.2, -0.15) is 0 Å². The number of sulfonamides is 1. The van der Waals surface area contributed by atoms with Crippen molar-refractivity contribution in [3.8, 4) is 5.88 Å². The highest BCUT2D eigenvalue weighted by Crippen LogP contribution is 2.28. The normalized spacial score (nSPS) is 11.9. The molecular formula is C15H21N3O3S. The predicted octanol–water partition coefficient (Wildman–Crippen LogP) is 2.68. The lowest BCUT2D eigenvalue weighted by Crippen LogP contribution is -2.17. The molecule has 22 heavy (non-hydrogen) atoms. The molecule has 1 aromatic carbocycles. The van der Waals surface area contributed by atoms with Gasteiger partial charge in [-0.1, -0.05) is 12.2 Å². The van der Waals surface area contributed by atoms with Gasteiger partial charge in [0, 0.05) is 12.7 Å². The maximum Gasteiger partial charge on any atom is 0.241 e. The topological polar surface area (TPSA) is 73.2 Å². The van der Waals surface area contributed by atoms with Crippen molar-refractivity contribution >= 4 is 26.6 Å². The van der Waals surface area contributed by atoms with Crippen molar-refractivity contribution in [2.24, 2.45) is 7.05 Å². The van der Waals surface area contributed by atoms with Crippen LogP contribution in [0.15, 0.2) is 30.4 Å². The van der Waals surface area contributed by atoms with Crippen LogP contribution in [0.25, 0.3) is 10.9 Å². The number of benzene rings is 1. The number of fused-ring (bicyclic) bond motifs is 1. The molecule has 6 nitrogen and oxygen atoms in total. The first kappa shape index (κ1) is 16.4. The van der Waals surface area contributed by atoms with Gasteiger partial charge in [0.15, 0.2) is 0 Å². The van der Waals surface area contributed by atoms with E-state index in [0.29, 0.717) is 17.1 Å². The van der Waals surface area contributed by atoms with Gasteiger partial charge in [0.05, 0.1) is 22.8 Å². The van der Waals surface area contributed by atoms with Gasteiger partial charge in [-0.3, -0.25) is 9.40 Å². The number of anilines is 1.